The second-order valence-corrected chi connectivity index (χ2v) is 4.41. The first-order valence-electron chi connectivity index (χ1n) is 4.73. The van der Waals surface area contributed by atoms with E-state index in [1.54, 1.807) is 0 Å². The number of hydrogen-bond donors (Lipinski definition) is 3. The van der Waals surface area contributed by atoms with Crippen LogP contribution in [0.2, 0.25) is 0 Å². The number of carbonyl (C=O) groups is 1. The van der Waals surface area contributed by atoms with Gasteiger partial charge in [0.15, 0.2) is 0 Å². The van der Waals surface area contributed by atoms with E-state index in [1.807, 2.05) is 5.43 Å². The Morgan fingerprint density at radius 2 is 2.06 bits per heavy atom. The van der Waals surface area contributed by atoms with E-state index < -0.39 is 17.6 Å². The summed E-state index contributed by atoms with van der Waals surface area (Å²) in [5, 5.41) is 0.353. The molecule has 0 unspecified atom stereocenters. The highest BCUT2D eigenvalue weighted by molar-refractivity contribution is 9.10. The van der Waals surface area contributed by atoms with Gasteiger partial charge in [0.05, 0.1) is 11.1 Å². The maximum absolute atomic E-state index is 12.6. The molecule has 0 atom stereocenters. The third-order valence-electron chi connectivity index (χ3n) is 2.43. The summed E-state index contributed by atoms with van der Waals surface area (Å²) in [7, 11) is 0. The van der Waals surface area contributed by atoms with E-state index in [0.717, 1.165) is 12.1 Å². The lowest BCUT2D eigenvalue weighted by molar-refractivity contribution is -0.137. The van der Waals surface area contributed by atoms with E-state index in [-0.39, 0.29) is 15.6 Å². The average molecular weight is 322 g/mol. The first-order chi connectivity index (χ1) is 8.34. The number of aromatic amines is 1. The summed E-state index contributed by atoms with van der Waals surface area (Å²) in [6, 6.07) is 1.86. The Hall–Kier alpha value is -1.54. The van der Waals surface area contributed by atoms with Crippen molar-refractivity contribution in [2.45, 2.75) is 6.18 Å². The molecule has 0 bridgehead atoms. The van der Waals surface area contributed by atoms with Crippen molar-refractivity contribution >= 4 is 32.7 Å². The maximum Gasteiger partial charge on any atom is 0.416 e. The molecule has 4 nitrogen and oxygen atoms in total. The minimum atomic E-state index is -4.45. The third-order valence-corrected chi connectivity index (χ3v) is 3.06. The molecule has 1 aromatic carbocycles. The minimum absolute atomic E-state index is 0.173. The first-order valence-corrected chi connectivity index (χ1v) is 5.52. The molecular weight excluding hydrogens is 315 g/mol. The zero-order valence-electron chi connectivity index (χ0n) is 8.73. The lowest BCUT2D eigenvalue weighted by Gasteiger charge is -2.08. The molecule has 1 amide bonds. The van der Waals surface area contributed by atoms with Gasteiger partial charge in [0.1, 0.15) is 0 Å². The smallest absolute Gasteiger partial charge is 0.360 e. The highest BCUT2D eigenvalue weighted by atomic mass is 79.9. The van der Waals surface area contributed by atoms with Crippen LogP contribution in [0.25, 0.3) is 10.9 Å². The van der Waals surface area contributed by atoms with Crippen LogP contribution in [-0.4, -0.2) is 10.9 Å². The number of alkyl halides is 3. The van der Waals surface area contributed by atoms with E-state index in [2.05, 4.69) is 20.9 Å². The molecule has 0 aliphatic carbocycles. The SMILES string of the molecule is NNC(=O)c1c[nH]c2cc(C(F)(F)F)cc(Br)c12. The lowest BCUT2D eigenvalue weighted by atomic mass is 10.1. The van der Waals surface area contributed by atoms with Crippen molar-refractivity contribution < 1.29 is 18.0 Å². The third kappa shape index (κ3) is 2.08. The highest BCUT2D eigenvalue weighted by Crippen LogP contribution is 2.36. The number of H-pyrrole nitrogens is 1. The molecule has 0 saturated heterocycles. The number of nitrogens with one attached hydrogen (secondary N) is 2. The van der Waals surface area contributed by atoms with Crippen LogP contribution in [0.15, 0.2) is 22.8 Å². The normalized spacial score (nSPS) is 11.8. The monoisotopic (exact) mass is 321 g/mol. The highest BCUT2D eigenvalue weighted by Gasteiger charge is 2.32. The summed E-state index contributed by atoms with van der Waals surface area (Å²) in [5.41, 5.74) is 1.51. The van der Waals surface area contributed by atoms with Gasteiger partial charge in [-0.3, -0.25) is 10.2 Å². The fraction of sp³-hybridized carbons (Fsp3) is 0.100. The number of aromatic nitrogens is 1. The molecule has 0 aliphatic rings. The molecule has 1 aromatic heterocycles. The lowest BCUT2D eigenvalue weighted by Crippen LogP contribution is -2.29. The standard InChI is InChI=1S/C10H7BrF3N3O/c11-6-1-4(10(12,13)14)2-7-8(6)5(3-16-7)9(18)17-15/h1-3,16H,15H2,(H,17,18). The molecular formula is C10H7BrF3N3O. The van der Waals surface area contributed by atoms with Crippen LogP contribution in [0.1, 0.15) is 15.9 Å². The number of hydrazine groups is 1. The first kappa shape index (κ1) is 12.9. The van der Waals surface area contributed by atoms with Crippen LogP contribution >= 0.6 is 15.9 Å². The molecule has 4 N–H and O–H groups in total. The van der Waals surface area contributed by atoms with Crippen molar-refractivity contribution in [3.8, 4) is 0 Å². The van der Waals surface area contributed by atoms with Gasteiger partial charge < -0.3 is 4.98 Å². The molecule has 18 heavy (non-hydrogen) atoms. The number of hydrogen-bond acceptors (Lipinski definition) is 2. The Kier molecular flexibility index (Phi) is 3.07. The van der Waals surface area contributed by atoms with E-state index in [4.69, 9.17) is 5.84 Å². The number of rotatable bonds is 1. The molecule has 0 spiro atoms. The molecule has 2 rings (SSSR count). The van der Waals surface area contributed by atoms with E-state index >= 15 is 0 Å². The van der Waals surface area contributed by atoms with Crippen molar-refractivity contribution in [1.82, 2.24) is 10.4 Å². The van der Waals surface area contributed by atoms with Gasteiger partial charge in [0.2, 0.25) is 0 Å². The van der Waals surface area contributed by atoms with E-state index in [0.29, 0.717) is 5.39 Å². The van der Waals surface area contributed by atoms with Gasteiger partial charge in [0.25, 0.3) is 5.91 Å². The summed E-state index contributed by atoms with van der Waals surface area (Å²) >= 11 is 3.03. The molecule has 1 heterocycles. The molecule has 96 valence electrons. The number of nitrogens with two attached hydrogens (primary N) is 1. The summed E-state index contributed by atoms with van der Waals surface area (Å²) in [4.78, 5) is 14.0. The summed E-state index contributed by atoms with van der Waals surface area (Å²) in [5.74, 6) is 4.41. The Morgan fingerprint density at radius 1 is 1.39 bits per heavy atom. The van der Waals surface area contributed by atoms with Gasteiger partial charge in [-0.2, -0.15) is 13.2 Å². The van der Waals surface area contributed by atoms with Gasteiger partial charge in [-0.15, -0.1) is 0 Å². The largest absolute Gasteiger partial charge is 0.416 e. The molecule has 2 aromatic rings. The molecule has 0 aliphatic heterocycles. The Labute approximate surface area is 107 Å². The second kappa shape index (κ2) is 4.29. The van der Waals surface area contributed by atoms with Crippen LogP contribution in [-0.2, 0) is 6.18 Å². The van der Waals surface area contributed by atoms with Crippen molar-refractivity contribution in [3.63, 3.8) is 0 Å². The van der Waals surface area contributed by atoms with Crippen LogP contribution < -0.4 is 11.3 Å². The van der Waals surface area contributed by atoms with Gasteiger partial charge in [0, 0.05) is 21.6 Å². The predicted octanol–water partition coefficient (Wildman–Crippen LogP) is 2.55. The summed E-state index contributed by atoms with van der Waals surface area (Å²) < 4.78 is 38.0. The van der Waals surface area contributed by atoms with Crippen molar-refractivity contribution in [1.29, 1.82) is 0 Å². The number of amides is 1. The van der Waals surface area contributed by atoms with Crippen molar-refractivity contribution in [3.05, 3.63) is 33.9 Å². The van der Waals surface area contributed by atoms with Crippen LogP contribution in [0.3, 0.4) is 0 Å². The van der Waals surface area contributed by atoms with Crippen LogP contribution in [0.4, 0.5) is 13.2 Å². The quantitative estimate of drug-likeness (QED) is 0.429. The number of halogens is 4. The van der Waals surface area contributed by atoms with Crippen LogP contribution in [0, 0.1) is 0 Å². The molecule has 0 saturated carbocycles. The number of fused-ring (bicyclic) bond motifs is 1. The molecule has 0 fully saturated rings. The van der Waals surface area contributed by atoms with Crippen molar-refractivity contribution in [2.75, 3.05) is 0 Å². The Bertz CT molecular complexity index is 621. The second-order valence-electron chi connectivity index (χ2n) is 3.55. The van der Waals surface area contributed by atoms with Crippen LogP contribution in [0.5, 0.6) is 0 Å². The summed E-state index contributed by atoms with van der Waals surface area (Å²) in [6.07, 6.45) is -3.14. The average Bonchev–Trinajstić information content (AvgIpc) is 2.71. The van der Waals surface area contributed by atoms with Crippen molar-refractivity contribution in [2.24, 2.45) is 5.84 Å². The molecule has 8 heteroatoms. The van der Waals surface area contributed by atoms with E-state index in [9.17, 15) is 18.0 Å². The van der Waals surface area contributed by atoms with Gasteiger partial charge in [-0.1, -0.05) is 15.9 Å². The van der Waals surface area contributed by atoms with Gasteiger partial charge in [-0.25, -0.2) is 5.84 Å². The maximum atomic E-state index is 12.6. The summed E-state index contributed by atoms with van der Waals surface area (Å²) in [6.45, 7) is 0. The zero-order valence-corrected chi connectivity index (χ0v) is 10.3. The van der Waals surface area contributed by atoms with Gasteiger partial charge >= 0.3 is 6.18 Å². The minimum Gasteiger partial charge on any atom is -0.360 e. The number of carbonyl (C=O) groups excluding carboxylic acids is 1. The number of benzene rings is 1. The predicted molar refractivity (Wildman–Crippen MR) is 62.7 cm³/mol. The van der Waals surface area contributed by atoms with E-state index in [1.165, 1.54) is 6.20 Å². The topological polar surface area (TPSA) is 70.9 Å². The fourth-order valence-electron chi connectivity index (χ4n) is 1.64. The van der Waals surface area contributed by atoms with Gasteiger partial charge in [-0.05, 0) is 12.1 Å². The Balaban J connectivity index is 2.68. The molecule has 0 radical (unpaired) electrons. The fourth-order valence-corrected chi connectivity index (χ4v) is 2.31. The Morgan fingerprint density at radius 3 is 2.61 bits per heavy atom. The number of nitrogen functional groups attached to an aromatic ring is 1. The zero-order chi connectivity index (χ0) is 13.5.